The van der Waals surface area contributed by atoms with Gasteiger partial charge in [0.05, 0.1) is 11.4 Å². The van der Waals surface area contributed by atoms with Crippen LogP contribution in [0.3, 0.4) is 0 Å². The molecule has 0 aromatic heterocycles. The molecule has 0 heterocycles. The van der Waals surface area contributed by atoms with Crippen molar-refractivity contribution in [2.45, 2.75) is 6.92 Å². The van der Waals surface area contributed by atoms with Gasteiger partial charge in [-0.3, -0.25) is 0 Å². The molecular weight excluding hydrogens is 288 g/mol. The Hall–Kier alpha value is -3.32. The highest BCUT2D eigenvalue weighted by Gasteiger charge is 1.97. The van der Waals surface area contributed by atoms with Crippen LogP contribution in [0.5, 0.6) is 0 Å². The van der Waals surface area contributed by atoms with E-state index < -0.39 is 0 Å². The second kappa shape index (κ2) is 8.20. The minimum absolute atomic E-state index is 0.426. The smallest absolute Gasteiger partial charge is 0.211 e. The van der Waals surface area contributed by atoms with Gasteiger partial charge in [0.1, 0.15) is 0 Å². The van der Waals surface area contributed by atoms with Crippen molar-refractivity contribution in [1.82, 2.24) is 0 Å². The maximum Gasteiger partial charge on any atom is 0.240 e. The first-order chi connectivity index (χ1) is 11.2. The van der Waals surface area contributed by atoms with Crippen molar-refractivity contribution in [3.8, 4) is 0 Å². The monoisotopic (exact) mass is 302 g/mol. The van der Waals surface area contributed by atoms with Crippen LogP contribution < -0.4 is 0 Å². The summed E-state index contributed by atoms with van der Waals surface area (Å²) in [6.07, 6.45) is 2.84. The number of aliphatic imine (C=N–C) groups is 2. The third kappa shape index (κ3) is 4.58. The quantitative estimate of drug-likeness (QED) is 0.505. The summed E-state index contributed by atoms with van der Waals surface area (Å²) < 4.78 is 0. The molecule has 3 rings (SSSR count). The second-order valence-electron chi connectivity index (χ2n) is 4.72. The Labute approximate surface area is 133 Å². The molecule has 0 saturated heterocycles. The summed E-state index contributed by atoms with van der Waals surface area (Å²) in [5, 5.41) is 2.62. The first-order valence-corrected chi connectivity index (χ1v) is 6.95. The molecular formula is C19H14N2O2. The SMILES string of the molecule is Cc1ccc(N=C=O)cc1N=C=O.c1ccc2ccccc2c1. The predicted molar refractivity (Wildman–Crippen MR) is 90.7 cm³/mol. The molecule has 0 fully saturated rings. The van der Waals surface area contributed by atoms with Gasteiger partial charge in [-0.15, -0.1) is 0 Å². The van der Waals surface area contributed by atoms with Crippen molar-refractivity contribution in [1.29, 1.82) is 0 Å². The summed E-state index contributed by atoms with van der Waals surface area (Å²) in [6, 6.07) is 21.6. The number of hydrogen-bond acceptors (Lipinski definition) is 4. The maximum atomic E-state index is 10.00. The lowest BCUT2D eigenvalue weighted by Gasteiger charge is -1.97. The van der Waals surface area contributed by atoms with Crippen LogP contribution in [0.15, 0.2) is 76.7 Å². The van der Waals surface area contributed by atoms with E-state index in [-0.39, 0.29) is 0 Å². The predicted octanol–water partition coefficient (Wildman–Crippen LogP) is 4.77. The van der Waals surface area contributed by atoms with E-state index in [0.29, 0.717) is 11.4 Å². The Kier molecular flexibility index (Phi) is 5.73. The Bertz CT molecular complexity index is 841. The zero-order valence-corrected chi connectivity index (χ0v) is 12.6. The van der Waals surface area contributed by atoms with E-state index in [9.17, 15) is 9.59 Å². The fraction of sp³-hybridized carbons (Fsp3) is 0.0526. The van der Waals surface area contributed by atoms with Crippen LogP contribution in [0.2, 0.25) is 0 Å². The molecule has 0 spiro atoms. The Morgan fingerprint density at radius 1 is 0.739 bits per heavy atom. The third-order valence-corrected chi connectivity index (χ3v) is 3.19. The zero-order chi connectivity index (χ0) is 16.5. The van der Waals surface area contributed by atoms with Gasteiger partial charge in [-0.1, -0.05) is 54.6 Å². The molecule has 0 aliphatic carbocycles. The largest absolute Gasteiger partial charge is 0.240 e. The Morgan fingerprint density at radius 3 is 1.74 bits per heavy atom. The molecule has 4 heteroatoms. The highest BCUT2D eigenvalue weighted by atomic mass is 16.1. The van der Waals surface area contributed by atoms with Crippen molar-refractivity contribution in [2.75, 3.05) is 0 Å². The van der Waals surface area contributed by atoms with E-state index in [2.05, 4.69) is 58.5 Å². The van der Waals surface area contributed by atoms with Crippen LogP contribution in [0.4, 0.5) is 11.4 Å². The second-order valence-corrected chi connectivity index (χ2v) is 4.72. The van der Waals surface area contributed by atoms with Gasteiger partial charge in [0, 0.05) is 0 Å². The average Bonchev–Trinajstić information content (AvgIpc) is 2.59. The van der Waals surface area contributed by atoms with Gasteiger partial charge in [0.15, 0.2) is 0 Å². The molecule has 112 valence electrons. The van der Waals surface area contributed by atoms with Crippen LogP contribution in [0, 0.1) is 6.92 Å². The summed E-state index contributed by atoms with van der Waals surface area (Å²) in [5.74, 6) is 0. The highest BCUT2D eigenvalue weighted by molar-refractivity contribution is 5.82. The van der Waals surface area contributed by atoms with E-state index in [1.165, 1.54) is 29.0 Å². The van der Waals surface area contributed by atoms with Gasteiger partial charge in [0.2, 0.25) is 12.2 Å². The minimum atomic E-state index is 0.426. The van der Waals surface area contributed by atoms with Crippen molar-refractivity contribution in [2.24, 2.45) is 9.98 Å². The standard InChI is InChI=1S/C10H8.C9H6N2O2/c1-2-6-10-8-4-3-7-9(10)5-1;1-7-2-3-8(10-5-12)4-9(7)11-6-13/h1-8H;2-4H,1H3. The van der Waals surface area contributed by atoms with Gasteiger partial charge < -0.3 is 0 Å². The number of isocyanates is 2. The molecule has 3 aromatic rings. The topological polar surface area (TPSA) is 58.9 Å². The average molecular weight is 302 g/mol. The maximum absolute atomic E-state index is 10.00. The molecule has 4 nitrogen and oxygen atoms in total. The number of carbonyl (C=O) groups excluding carboxylic acids is 2. The van der Waals surface area contributed by atoms with Crippen LogP contribution in [-0.2, 0) is 9.59 Å². The molecule has 0 atom stereocenters. The van der Waals surface area contributed by atoms with Crippen LogP contribution >= 0.6 is 0 Å². The summed E-state index contributed by atoms with van der Waals surface area (Å²) in [6.45, 7) is 1.80. The van der Waals surface area contributed by atoms with Gasteiger partial charge in [0.25, 0.3) is 0 Å². The van der Waals surface area contributed by atoms with Crippen LogP contribution in [0.1, 0.15) is 5.56 Å². The zero-order valence-electron chi connectivity index (χ0n) is 12.6. The molecule has 0 radical (unpaired) electrons. The van der Waals surface area contributed by atoms with Gasteiger partial charge in [-0.2, -0.15) is 9.98 Å². The number of nitrogens with zero attached hydrogens (tertiary/aromatic N) is 2. The van der Waals surface area contributed by atoms with Gasteiger partial charge in [-0.05, 0) is 35.4 Å². The molecule has 0 saturated carbocycles. The number of hydrogen-bond donors (Lipinski definition) is 0. The van der Waals surface area contributed by atoms with Crippen molar-refractivity contribution < 1.29 is 9.59 Å². The normalized spacial score (nSPS) is 9.09. The first-order valence-electron chi connectivity index (χ1n) is 6.95. The van der Waals surface area contributed by atoms with Gasteiger partial charge in [-0.25, -0.2) is 9.59 Å². The Morgan fingerprint density at radius 2 is 1.26 bits per heavy atom. The fourth-order valence-corrected chi connectivity index (χ4v) is 2.02. The molecule has 3 aromatic carbocycles. The lowest BCUT2D eigenvalue weighted by atomic mass is 10.1. The van der Waals surface area contributed by atoms with E-state index in [1.807, 2.05) is 0 Å². The van der Waals surface area contributed by atoms with Crippen LogP contribution in [0.25, 0.3) is 10.8 Å². The highest BCUT2D eigenvalue weighted by Crippen LogP contribution is 2.23. The minimum Gasteiger partial charge on any atom is -0.211 e. The van der Waals surface area contributed by atoms with E-state index in [0.717, 1.165) is 5.56 Å². The number of rotatable bonds is 2. The molecule has 0 bridgehead atoms. The van der Waals surface area contributed by atoms with Crippen molar-refractivity contribution in [3.05, 3.63) is 72.3 Å². The lowest BCUT2D eigenvalue weighted by Crippen LogP contribution is -1.73. The summed E-state index contributed by atoms with van der Waals surface area (Å²) in [5.41, 5.74) is 1.72. The molecule has 0 aliphatic rings. The Balaban J connectivity index is 0.000000172. The van der Waals surface area contributed by atoms with Gasteiger partial charge >= 0.3 is 0 Å². The molecule has 0 amide bonds. The van der Waals surface area contributed by atoms with E-state index in [1.54, 1.807) is 19.1 Å². The number of aryl methyl sites for hydroxylation is 1. The van der Waals surface area contributed by atoms with E-state index in [4.69, 9.17) is 0 Å². The van der Waals surface area contributed by atoms with E-state index >= 15 is 0 Å². The van der Waals surface area contributed by atoms with Crippen LogP contribution in [-0.4, -0.2) is 12.2 Å². The lowest BCUT2D eigenvalue weighted by molar-refractivity contribution is 0.565. The molecule has 0 aliphatic heterocycles. The van der Waals surface area contributed by atoms with Crippen molar-refractivity contribution >= 4 is 34.3 Å². The number of fused-ring (bicyclic) bond motifs is 1. The first kappa shape index (κ1) is 16.1. The summed E-state index contributed by atoms with van der Waals surface area (Å²) >= 11 is 0. The fourth-order valence-electron chi connectivity index (χ4n) is 2.02. The third-order valence-electron chi connectivity index (χ3n) is 3.19. The van der Waals surface area contributed by atoms with Crippen molar-refractivity contribution in [3.63, 3.8) is 0 Å². The molecule has 0 unspecified atom stereocenters. The number of benzene rings is 3. The molecule has 0 N–H and O–H groups in total. The summed E-state index contributed by atoms with van der Waals surface area (Å²) in [7, 11) is 0. The molecule has 23 heavy (non-hydrogen) atoms. The summed E-state index contributed by atoms with van der Waals surface area (Å²) in [4.78, 5) is 26.8.